The molecule has 120 valence electrons. The molecule has 0 spiro atoms. The highest BCUT2D eigenvalue weighted by atomic mass is 16.5. The number of carboxylic acid groups (broad SMARTS) is 1. The average Bonchev–Trinajstić information content (AvgIpc) is 2.36. The smallest absolute Gasteiger partial charge is 0.325 e. The number of hydrogen-bond donors (Lipinski definition) is 1. The fourth-order valence-electron chi connectivity index (χ4n) is 2.26. The zero-order valence-electron chi connectivity index (χ0n) is 12.9. The Balaban J connectivity index is 2.51. The van der Waals surface area contributed by atoms with E-state index in [0.717, 1.165) is 6.42 Å². The fourth-order valence-corrected chi connectivity index (χ4v) is 2.26. The maximum Gasteiger partial charge on any atom is 0.325 e. The van der Waals surface area contributed by atoms with Crippen LogP contribution in [0.15, 0.2) is 0 Å². The molecule has 1 heterocycles. The molecule has 1 aliphatic rings. The quantitative estimate of drug-likeness (QED) is 0.710. The Morgan fingerprint density at radius 1 is 1.33 bits per heavy atom. The molecular weight excluding hydrogens is 276 g/mol. The predicted octanol–water partition coefficient (Wildman–Crippen LogP) is 1.03. The third kappa shape index (κ3) is 4.61. The van der Waals surface area contributed by atoms with Crippen molar-refractivity contribution in [3.63, 3.8) is 0 Å². The first-order valence-electron chi connectivity index (χ1n) is 7.32. The standard InChI is InChI=1S/C14H24N2O5/c1-4-6-15(9-12(17)21-5-2)14(20)16-7-11(8-16)10(3)13(18)19/h10-11H,4-9H2,1-3H3,(H,18,19). The molecule has 0 aromatic heterocycles. The number of urea groups is 1. The Bertz CT molecular complexity index is 393. The van der Waals surface area contributed by atoms with Crippen molar-refractivity contribution in [2.24, 2.45) is 11.8 Å². The predicted molar refractivity (Wildman–Crippen MR) is 75.8 cm³/mol. The molecule has 0 aromatic rings. The molecule has 1 aliphatic heterocycles. The number of nitrogens with zero attached hydrogens (tertiary/aromatic N) is 2. The molecule has 1 fully saturated rings. The van der Waals surface area contributed by atoms with Crippen LogP contribution in [-0.2, 0) is 14.3 Å². The molecule has 0 radical (unpaired) electrons. The molecule has 0 aliphatic carbocycles. The lowest BCUT2D eigenvalue weighted by Crippen LogP contribution is -2.58. The van der Waals surface area contributed by atoms with Gasteiger partial charge in [0.2, 0.25) is 0 Å². The molecule has 1 unspecified atom stereocenters. The normalized spacial score (nSPS) is 16.0. The van der Waals surface area contributed by atoms with Gasteiger partial charge in [0.1, 0.15) is 6.54 Å². The Kier molecular flexibility index (Phi) is 6.45. The van der Waals surface area contributed by atoms with E-state index in [9.17, 15) is 14.4 Å². The highest BCUT2D eigenvalue weighted by molar-refractivity contribution is 5.81. The summed E-state index contributed by atoms with van der Waals surface area (Å²) in [6, 6.07) is -0.223. The minimum atomic E-state index is -0.843. The first-order valence-corrected chi connectivity index (χ1v) is 7.32. The van der Waals surface area contributed by atoms with Gasteiger partial charge in [-0.1, -0.05) is 13.8 Å². The van der Waals surface area contributed by atoms with E-state index in [1.807, 2.05) is 6.92 Å². The molecule has 0 bridgehead atoms. The highest BCUT2D eigenvalue weighted by Gasteiger charge is 2.38. The summed E-state index contributed by atoms with van der Waals surface area (Å²) in [5, 5.41) is 8.94. The van der Waals surface area contributed by atoms with E-state index in [-0.39, 0.29) is 25.1 Å². The van der Waals surface area contributed by atoms with Gasteiger partial charge in [-0.05, 0) is 13.3 Å². The van der Waals surface area contributed by atoms with Crippen LogP contribution in [0.3, 0.4) is 0 Å². The highest BCUT2D eigenvalue weighted by Crippen LogP contribution is 2.25. The van der Waals surface area contributed by atoms with E-state index in [4.69, 9.17) is 9.84 Å². The molecule has 2 amide bonds. The van der Waals surface area contributed by atoms with Crippen LogP contribution in [0.5, 0.6) is 0 Å². The number of carbonyl (C=O) groups is 3. The van der Waals surface area contributed by atoms with Gasteiger partial charge < -0.3 is 19.6 Å². The maximum atomic E-state index is 12.3. The van der Waals surface area contributed by atoms with E-state index in [1.165, 1.54) is 4.90 Å². The molecule has 1 atom stereocenters. The van der Waals surface area contributed by atoms with E-state index in [0.29, 0.717) is 19.6 Å². The van der Waals surface area contributed by atoms with Gasteiger partial charge in [-0.25, -0.2) is 4.79 Å². The number of rotatable bonds is 7. The third-order valence-corrected chi connectivity index (χ3v) is 3.67. The third-order valence-electron chi connectivity index (χ3n) is 3.67. The van der Waals surface area contributed by atoms with Crippen molar-refractivity contribution >= 4 is 18.0 Å². The van der Waals surface area contributed by atoms with Crippen LogP contribution in [0.2, 0.25) is 0 Å². The van der Waals surface area contributed by atoms with Gasteiger partial charge in [0.15, 0.2) is 0 Å². The molecule has 1 N–H and O–H groups in total. The number of esters is 1. The molecule has 0 aromatic carbocycles. The zero-order chi connectivity index (χ0) is 16.0. The molecule has 7 nitrogen and oxygen atoms in total. The van der Waals surface area contributed by atoms with Gasteiger partial charge in [-0.2, -0.15) is 0 Å². The van der Waals surface area contributed by atoms with Gasteiger partial charge in [-0.15, -0.1) is 0 Å². The molecule has 7 heteroatoms. The number of ether oxygens (including phenoxy) is 1. The lowest BCUT2D eigenvalue weighted by molar-refractivity contribution is -0.144. The second-order valence-corrected chi connectivity index (χ2v) is 5.30. The second-order valence-electron chi connectivity index (χ2n) is 5.30. The number of aliphatic carboxylic acids is 1. The molecular formula is C14H24N2O5. The maximum absolute atomic E-state index is 12.3. The SMILES string of the molecule is CCCN(CC(=O)OCC)C(=O)N1CC(C(C)C(=O)O)C1. The topological polar surface area (TPSA) is 87.2 Å². The van der Waals surface area contributed by atoms with Crippen LogP contribution in [0.25, 0.3) is 0 Å². The second kappa shape index (κ2) is 7.85. The minimum Gasteiger partial charge on any atom is -0.481 e. The van der Waals surface area contributed by atoms with Crippen molar-refractivity contribution in [2.45, 2.75) is 27.2 Å². The lowest BCUT2D eigenvalue weighted by atomic mass is 9.87. The minimum absolute atomic E-state index is 0.0162. The van der Waals surface area contributed by atoms with Crippen LogP contribution in [0, 0.1) is 11.8 Å². The molecule has 21 heavy (non-hydrogen) atoms. The number of carbonyl (C=O) groups excluding carboxylic acids is 2. The summed E-state index contributed by atoms with van der Waals surface area (Å²) in [5.74, 6) is -1.74. The number of likely N-dealkylation sites (tertiary alicyclic amines) is 1. The van der Waals surface area contributed by atoms with E-state index >= 15 is 0 Å². The first kappa shape index (κ1) is 17.3. The Morgan fingerprint density at radius 3 is 2.43 bits per heavy atom. The Morgan fingerprint density at radius 2 is 1.95 bits per heavy atom. The Hall–Kier alpha value is -1.79. The number of hydrogen-bond acceptors (Lipinski definition) is 4. The van der Waals surface area contributed by atoms with Crippen molar-refractivity contribution in [2.75, 3.05) is 32.8 Å². The van der Waals surface area contributed by atoms with Crippen molar-refractivity contribution in [1.82, 2.24) is 9.80 Å². The van der Waals surface area contributed by atoms with Gasteiger partial charge in [0.25, 0.3) is 0 Å². The van der Waals surface area contributed by atoms with Crippen LogP contribution in [0.1, 0.15) is 27.2 Å². The molecule has 0 saturated carbocycles. The lowest BCUT2D eigenvalue weighted by Gasteiger charge is -2.43. The van der Waals surface area contributed by atoms with Crippen LogP contribution >= 0.6 is 0 Å². The van der Waals surface area contributed by atoms with Crippen molar-refractivity contribution in [1.29, 1.82) is 0 Å². The van der Waals surface area contributed by atoms with E-state index < -0.39 is 17.9 Å². The van der Waals surface area contributed by atoms with Gasteiger partial charge in [0.05, 0.1) is 12.5 Å². The Labute approximate surface area is 124 Å². The van der Waals surface area contributed by atoms with E-state index in [1.54, 1.807) is 18.7 Å². The number of amides is 2. The fraction of sp³-hybridized carbons (Fsp3) is 0.786. The molecule has 1 rings (SSSR count). The van der Waals surface area contributed by atoms with Crippen molar-refractivity contribution in [3.05, 3.63) is 0 Å². The van der Waals surface area contributed by atoms with E-state index in [2.05, 4.69) is 0 Å². The van der Waals surface area contributed by atoms with Gasteiger partial charge in [0, 0.05) is 25.6 Å². The first-order chi connectivity index (χ1) is 9.90. The summed E-state index contributed by atoms with van der Waals surface area (Å²) in [6.07, 6.45) is 0.744. The van der Waals surface area contributed by atoms with Crippen LogP contribution < -0.4 is 0 Å². The summed E-state index contributed by atoms with van der Waals surface area (Å²) in [7, 11) is 0. The van der Waals surface area contributed by atoms with Crippen LogP contribution in [0.4, 0.5) is 4.79 Å². The van der Waals surface area contributed by atoms with Crippen molar-refractivity contribution in [3.8, 4) is 0 Å². The summed E-state index contributed by atoms with van der Waals surface area (Å²) in [6.45, 7) is 6.86. The zero-order valence-corrected chi connectivity index (χ0v) is 12.9. The average molecular weight is 300 g/mol. The van der Waals surface area contributed by atoms with Gasteiger partial charge in [-0.3, -0.25) is 9.59 Å². The number of carboxylic acids is 1. The summed E-state index contributed by atoms with van der Waals surface area (Å²) >= 11 is 0. The van der Waals surface area contributed by atoms with Gasteiger partial charge >= 0.3 is 18.0 Å². The summed E-state index contributed by atoms with van der Waals surface area (Å²) in [5.41, 5.74) is 0. The largest absolute Gasteiger partial charge is 0.481 e. The monoisotopic (exact) mass is 300 g/mol. The summed E-state index contributed by atoms with van der Waals surface area (Å²) in [4.78, 5) is 37.7. The molecule has 1 saturated heterocycles. The van der Waals surface area contributed by atoms with Crippen LogP contribution in [-0.4, -0.2) is 65.7 Å². The van der Waals surface area contributed by atoms with Crippen molar-refractivity contribution < 1.29 is 24.2 Å². The summed E-state index contributed by atoms with van der Waals surface area (Å²) < 4.78 is 4.86.